The zero-order chi connectivity index (χ0) is 21.1. The Kier molecular flexibility index (Phi) is 10.5. The molecule has 29 heavy (non-hydrogen) atoms. The van der Waals surface area contributed by atoms with Gasteiger partial charge in [-0.3, -0.25) is 4.57 Å². The van der Waals surface area contributed by atoms with Gasteiger partial charge < -0.3 is 15.1 Å². The van der Waals surface area contributed by atoms with Crippen molar-refractivity contribution in [2.24, 2.45) is 0 Å². The number of aryl methyl sites for hydroxylation is 2. The van der Waals surface area contributed by atoms with Crippen molar-refractivity contribution in [1.82, 2.24) is 5.32 Å². The van der Waals surface area contributed by atoms with Crippen molar-refractivity contribution in [2.45, 2.75) is 51.5 Å². The highest BCUT2D eigenvalue weighted by Gasteiger charge is 2.12. The van der Waals surface area contributed by atoms with Gasteiger partial charge in [0.1, 0.15) is 5.82 Å². The quantitative estimate of drug-likeness (QED) is 0.255. The number of unbranched alkanes of at least 4 members (excludes halogenated alkanes) is 3. The third kappa shape index (κ3) is 10.0. The van der Waals surface area contributed by atoms with Gasteiger partial charge in [0.25, 0.3) is 0 Å². The molecule has 0 aromatic heterocycles. The lowest BCUT2D eigenvalue weighted by molar-refractivity contribution is 0.371. The first-order chi connectivity index (χ1) is 13.8. The molecule has 0 aliphatic heterocycles. The van der Waals surface area contributed by atoms with Gasteiger partial charge in [0, 0.05) is 16.6 Å². The Balaban J connectivity index is 1.68. The van der Waals surface area contributed by atoms with Crippen molar-refractivity contribution in [3.63, 3.8) is 0 Å². The average Bonchev–Trinajstić information content (AvgIpc) is 2.67. The molecule has 160 valence electrons. The number of halogens is 2. The van der Waals surface area contributed by atoms with Crippen LogP contribution in [0.25, 0.3) is 0 Å². The molecule has 0 saturated heterocycles. The van der Waals surface area contributed by atoms with Gasteiger partial charge in [-0.2, -0.15) is 0 Å². The predicted octanol–water partition coefficient (Wildman–Crippen LogP) is 5.59. The van der Waals surface area contributed by atoms with Crippen molar-refractivity contribution in [3.05, 3.63) is 69.4 Å². The van der Waals surface area contributed by atoms with Crippen molar-refractivity contribution >= 4 is 23.5 Å². The molecule has 0 radical (unpaired) electrons. The predicted molar refractivity (Wildman–Crippen MR) is 120 cm³/mol. The smallest absolute Gasteiger partial charge is 0.324 e. The fourth-order valence-electron chi connectivity index (χ4n) is 3.23. The molecule has 0 amide bonds. The molecule has 0 atom stereocenters. The molecule has 7 heteroatoms. The van der Waals surface area contributed by atoms with E-state index in [1.54, 1.807) is 12.1 Å². The highest BCUT2D eigenvalue weighted by Crippen LogP contribution is 2.34. The second kappa shape index (κ2) is 12.6. The summed E-state index contributed by atoms with van der Waals surface area (Å²) < 4.78 is 26.1. The maximum absolute atomic E-state index is 14.4. The van der Waals surface area contributed by atoms with Crippen LogP contribution in [-0.4, -0.2) is 22.5 Å². The minimum atomic E-state index is -3.96. The van der Waals surface area contributed by atoms with Crippen LogP contribution in [0, 0.1) is 5.82 Å². The summed E-state index contributed by atoms with van der Waals surface area (Å²) >= 11 is 3.55. The minimum Gasteiger partial charge on any atom is -0.324 e. The van der Waals surface area contributed by atoms with Gasteiger partial charge >= 0.3 is 7.60 Å². The van der Waals surface area contributed by atoms with Crippen molar-refractivity contribution in [3.8, 4) is 0 Å². The Morgan fingerprint density at radius 1 is 0.931 bits per heavy atom. The molecular weight excluding hydrogens is 456 g/mol. The lowest BCUT2D eigenvalue weighted by atomic mass is 10.0. The number of hydrogen-bond acceptors (Lipinski definition) is 2. The van der Waals surface area contributed by atoms with Crippen LogP contribution in [-0.2, 0) is 24.0 Å². The van der Waals surface area contributed by atoms with Crippen molar-refractivity contribution < 1.29 is 18.7 Å². The summed E-state index contributed by atoms with van der Waals surface area (Å²) in [5.41, 5.74) is 2.92. The fraction of sp³-hybridized carbons (Fsp3) is 0.455. The number of benzene rings is 2. The van der Waals surface area contributed by atoms with Gasteiger partial charge in [-0.15, -0.1) is 0 Å². The monoisotopic (exact) mass is 485 g/mol. The first-order valence-corrected chi connectivity index (χ1v) is 12.7. The number of hydrogen-bond donors (Lipinski definition) is 3. The van der Waals surface area contributed by atoms with E-state index >= 15 is 0 Å². The highest BCUT2D eigenvalue weighted by molar-refractivity contribution is 9.10. The molecule has 0 bridgehead atoms. The third-order valence-corrected chi connectivity index (χ3v) is 6.48. The largest absolute Gasteiger partial charge is 0.325 e. The fourth-order valence-corrected chi connectivity index (χ4v) is 4.39. The summed E-state index contributed by atoms with van der Waals surface area (Å²) in [5, 5.41) is 3.04. The number of nitrogens with one attached hydrogen (secondary N) is 1. The van der Waals surface area contributed by atoms with E-state index in [1.165, 1.54) is 18.4 Å². The second-order valence-corrected chi connectivity index (χ2v) is 9.98. The van der Waals surface area contributed by atoms with Crippen LogP contribution < -0.4 is 5.32 Å². The molecule has 0 unspecified atom stereocenters. The summed E-state index contributed by atoms with van der Waals surface area (Å²) in [6, 6.07) is 13.9. The van der Waals surface area contributed by atoms with Crippen molar-refractivity contribution in [2.75, 3.05) is 12.7 Å². The SMILES string of the molecule is O=P(O)(O)CCCNCc1cc(Br)c(CCCCCCc2ccccc2)cc1F. The Morgan fingerprint density at radius 3 is 2.31 bits per heavy atom. The summed E-state index contributed by atoms with van der Waals surface area (Å²) in [7, 11) is -3.96. The summed E-state index contributed by atoms with van der Waals surface area (Å²) in [5.74, 6) is -0.241. The average molecular weight is 486 g/mol. The van der Waals surface area contributed by atoms with E-state index < -0.39 is 7.60 Å². The molecule has 2 aromatic rings. The van der Waals surface area contributed by atoms with Gasteiger partial charge in [0.2, 0.25) is 0 Å². The molecule has 0 aliphatic rings. The van der Waals surface area contributed by atoms with E-state index in [2.05, 4.69) is 45.5 Å². The first kappa shape index (κ1) is 24.2. The van der Waals surface area contributed by atoms with Gasteiger partial charge in [-0.25, -0.2) is 4.39 Å². The highest BCUT2D eigenvalue weighted by atomic mass is 79.9. The van der Waals surface area contributed by atoms with E-state index in [0.29, 0.717) is 25.1 Å². The van der Waals surface area contributed by atoms with Crippen LogP contribution in [0.3, 0.4) is 0 Å². The van der Waals surface area contributed by atoms with Crippen molar-refractivity contribution in [1.29, 1.82) is 0 Å². The molecule has 2 aromatic carbocycles. The Labute approximate surface area is 181 Å². The third-order valence-electron chi connectivity index (χ3n) is 4.84. The summed E-state index contributed by atoms with van der Waals surface area (Å²) in [6.45, 7) is 0.776. The van der Waals surface area contributed by atoms with Crippen LogP contribution in [0.4, 0.5) is 4.39 Å². The molecule has 0 spiro atoms. The maximum Gasteiger partial charge on any atom is 0.325 e. The molecule has 3 N–H and O–H groups in total. The standard InChI is InChI=1S/C22H30BrFNO3P/c23-21-15-20(17-25-13-8-14-29(26,27)28)22(24)16-19(21)12-7-2-1-4-9-18-10-5-3-6-11-18/h3,5-6,10-11,15-16,25H,1-2,4,7-9,12-14,17H2,(H2,26,27,28). The first-order valence-electron chi connectivity index (χ1n) is 10.1. The van der Waals surface area contributed by atoms with Crippen LogP contribution >= 0.6 is 23.5 Å². The van der Waals surface area contributed by atoms with E-state index in [9.17, 15) is 8.96 Å². The second-order valence-electron chi connectivity index (χ2n) is 7.35. The van der Waals surface area contributed by atoms with Gasteiger partial charge in [0.05, 0.1) is 6.16 Å². The number of rotatable bonds is 13. The molecule has 0 saturated carbocycles. The summed E-state index contributed by atoms with van der Waals surface area (Å²) in [4.78, 5) is 17.7. The van der Waals surface area contributed by atoms with E-state index in [-0.39, 0.29) is 12.0 Å². The molecular formula is C22H30BrFNO3P. The van der Waals surface area contributed by atoms with E-state index in [1.807, 2.05) is 6.07 Å². The topological polar surface area (TPSA) is 69.6 Å². The molecule has 0 heterocycles. The van der Waals surface area contributed by atoms with E-state index in [0.717, 1.165) is 35.7 Å². The van der Waals surface area contributed by atoms with Crippen LogP contribution in [0.5, 0.6) is 0 Å². The van der Waals surface area contributed by atoms with Gasteiger partial charge in [-0.1, -0.05) is 59.1 Å². The van der Waals surface area contributed by atoms with Gasteiger partial charge in [-0.05, 0) is 61.9 Å². The molecule has 0 aliphatic carbocycles. The summed E-state index contributed by atoms with van der Waals surface area (Å²) in [6.07, 6.45) is 6.66. The van der Waals surface area contributed by atoms with E-state index in [4.69, 9.17) is 9.79 Å². The van der Waals surface area contributed by atoms with Crippen LogP contribution in [0.1, 0.15) is 48.8 Å². The Bertz CT molecular complexity index is 798. The molecule has 4 nitrogen and oxygen atoms in total. The van der Waals surface area contributed by atoms with Crippen LogP contribution in [0.15, 0.2) is 46.9 Å². The molecule has 2 rings (SSSR count). The Morgan fingerprint density at radius 2 is 1.62 bits per heavy atom. The normalized spacial score (nSPS) is 11.7. The minimum absolute atomic E-state index is 0.156. The lowest BCUT2D eigenvalue weighted by Crippen LogP contribution is -2.17. The zero-order valence-electron chi connectivity index (χ0n) is 16.6. The zero-order valence-corrected chi connectivity index (χ0v) is 19.1. The van der Waals surface area contributed by atoms with Crippen LogP contribution in [0.2, 0.25) is 0 Å². The maximum atomic E-state index is 14.4. The lowest BCUT2D eigenvalue weighted by Gasteiger charge is -2.11. The van der Waals surface area contributed by atoms with Gasteiger partial charge in [0.15, 0.2) is 0 Å². The molecule has 0 fully saturated rings. The Hall–Kier alpha value is -1.04.